The van der Waals surface area contributed by atoms with E-state index in [0.717, 1.165) is 12.2 Å². The van der Waals surface area contributed by atoms with E-state index in [2.05, 4.69) is 31.2 Å². The molecular weight excluding hydrogens is 303 g/mol. The molecule has 0 N–H and O–H groups in total. The predicted molar refractivity (Wildman–Crippen MR) is 90.9 cm³/mol. The Labute approximate surface area is 136 Å². The summed E-state index contributed by atoms with van der Waals surface area (Å²) in [7, 11) is 0. The first-order valence-corrected chi connectivity index (χ1v) is 8.14. The van der Waals surface area contributed by atoms with Crippen LogP contribution in [0.25, 0.3) is 0 Å². The van der Waals surface area contributed by atoms with Gasteiger partial charge in [-0.3, -0.25) is 0 Å². The third-order valence-electron chi connectivity index (χ3n) is 3.77. The first-order valence-electron chi connectivity index (χ1n) is 7.07. The number of rotatable bonds is 7. The molecule has 0 aliphatic heterocycles. The van der Waals surface area contributed by atoms with Gasteiger partial charge < -0.3 is 4.74 Å². The highest BCUT2D eigenvalue weighted by Gasteiger charge is 2.30. The summed E-state index contributed by atoms with van der Waals surface area (Å²) in [5.41, 5.74) is 2.16. The normalized spacial score (nSPS) is 11.4. The van der Waals surface area contributed by atoms with Crippen molar-refractivity contribution in [2.75, 3.05) is 18.4 Å². The molecule has 0 bridgehead atoms. The summed E-state index contributed by atoms with van der Waals surface area (Å²) >= 11 is 12.5. The van der Waals surface area contributed by atoms with Gasteiger partial charge >= 0.3 is 0 Å². The minimum Gasteiger partial charge on any atom is -0.494 e. The SMILES string of the molecule is Cc1ccc(C(CCl)(CCl)CCOc2ccccc2)cc1. The van der Waals surface area contributed by atoms with Crippen molar-refractivity contribution in [1.29, 1.82) is 0 Å². The molecule has 0 saturated heterocycles. The molecule has 0 aliphatic rings. The van der Waals surface area contributed by atoms with Gasteiger partial charge in [0.15, 0.2) is 0 Å². The molecule has 2 aromatic rings. The van der Waals surface area contributed by atoms with E-state index in [4.69, 9.17) is 27.9 Å². The van der Waals surface area contributed by atoms with Gasteiger partial charge in [-0.1, -0.05) is 48.0 Å². The first kappa shape index (κ1) is 16.2. The molecule has 0 fully saturated rings. The van der Waals surface area contributed by atoms with Gasteiger partial charge in [-0.2, -0.15) is 0 Å². The lowest BCUT2D eigenvalue weighted by atomic mass is 9.81. The van der Waals surface area contributed by atoms with Crippen molar-refractivity contribution in [3.05, 3.63) is 65.7 Å². The summed E-state index contributed by atoms with van der Waals surface area (Å²) in [5.74, 6) is 1.84. The monoisotopic (exact) mass is 322 g/mol. The molecule has 1 nitrogen and oxygen atoms in total. The van der Waals surface area contributed by atoms with Gasteiger partial charge in [-0.05, 0) is 31.0 Å². The average Bonchev–Trinajstić information content (AvgIpc) is 2.54. The topological polar surface area (TPSA) is 9.23 Å². The number of hydrogen-bond donors (Lipinski definition) is 0. The zero-order chi connectivity index (χ0) is 15.1. The van der Waals surface area contributed by atoms with Crippen LogP contribution >= 0.6 is 23.2 Å². The predicted octanol–water partition coefficient (Wildman–Crippen LogP) is 5.18. The van der Waals surface area contributed by atoms with E-state index >= 15 is 0 Å². The molecule has 3 heteroatoms. The van der Waals surface area contributed by atoms with Gasteiger partial charge in [0.05, 0.1) is 6.61 Å². The van der Waals surface area contributed by atoms with Gasteiger partial charge in [-0.15, -0.1) is 23.2 Å². The van der Waals surface area contributed by atoms with Crippen molar-refractivity contribution >= 4 is 23.2 Å². The minimum absolute atomic E-state index is 0.244. The maximum absolute atomic E-state index is 6.24. The number of aryl methyl sites for hydroxylation is 1. The van der Waals surface area contributed by atoms with Crippen LogP contribution in [0.1, 0.15) is 17.5 Å². The third kappa shape index (κ3) is 4.15. The molecule has 0 radical (unpaired) electrons. The van der Waals surface area contributed by atoms with Crippen LogP contribution in [0.2, 0.25) is 0 Å². The molecule has 0 spiro atoms. The van der Waals surface area contributed by atoms with Gasteiger partial charge in [0.2, 0.25) is 0 Å². The van der Waals surface area contributed by atoms with E-state index in [1.165, 1.54) is 11.1 Å². The van der Waals surface area contributed by atoms with E-state index < -0.39 is 0 Å². The number of para-hydroxylation sites is 1. The van der Waals surface area contributed by atoms with E-state index in [-0.39, 0.29) is 5.41 Å². The van der Waals surface area contributed by atoms with Crippen LogP contribution < -0.4 is 4.74 Å². The Morgan fingerprint density at radius 1 is 0.905 bits per heavy atom. The van der Waals surface area contributed by atoms with Crippen molar-refractivity contribution in [3.8, 4) is 5.75 Å². The molecule has 2 aromatic carbocycles. The van der Waals surface area contributed by atoms with E-state index in [9.17, 15) is 0 Å². The molecular formula is C18H20Cl2O. The van der Waals surface area contributed by atoms with Gasteiger partial charge in [0.1, 0.15) is 5.75 Å². The maximum atomic E-state index is 6.24. The molecule has 112 valence electrons. The Morgan fingerprint density at radius 3 is 2.10 bits per heavy atom. The molecule has 0 aliphatic carbocycles. The Kier molecular flexibility index (Phi) is 5.96. The Balaban J connectivity index is 2.06. The van der Waals surface area contributed by atoms with Crippen molar-refractivity contribution in [2.24, 2.45) is 0 Å². The zero-order valence-electron chi connectivity index (χ0n) is 12.2. The lowest BCUT2D eigenvalue weighted by Crippen LogP contribution is -2.32. The van der Waals surface area contributed by atoms with Crippen LogP contribution in [-0.2, 0) is 5.41 Å². The lowest BCUT2D eigenvalue weighted by molar-refractivity contribution is 0.275. The standard InChI is InChI=1S/C18H20Cl2O/c1-15-7-9-16(10-8-15)18(13-19,14-20)11-12-21-17-5-3-2-4-6-17/h2-10H,11-14H2,1H3. The minimum atomic E-state index is -0.244. The second kappa shape index (κ2) is 7.72. The van der Waals surface area contributed by atoms with Crippen LogP contribution in [0.3, 0.4) is 0 Å². The summed E-state index contributed by atoms with van der Waals surface area (Å²) in [4.78, 5) is 0. The Bertz CT molecular complexity index is 533. The summed E-state index contributed by atoms with van der Waals surface area (Å²) in [6.45, 7) is 2.67. The fraction of sp³-hybridized carbons (Fsp3) is 0.333. The maximum Gasteiger partial charge on any atom is 0.119 e. The van der Waals surface area contributed by atoms with Crippen molar-refractivity contribution < 1.29 is 4.74 Å². The molecule has 0 aromatic heterocycles. The lowest BCUT2D eigenvalue weighted by Gasteiger charge is -2.30. The highest BCUT2D eigenvalue weighted by Crippen LogP contribution is 2.31. The van der Waals surface area contributed by atoms with Crippen LogP contribution in [0.5, 0.6) is 5.75 Å². The number of halogens is 2. The molecule has 0 heterocycles. The number of ether oxygens (including phenoxy) is 1. The van der Waals surface area contributed by atoms with Crippen LogP contribution in [0.4, 0.5) is 0 Å². The first-order chi connectivity index (χ1) is 10.2. The summed E-state index contributed by atoms with van der Waals surface area (Å²) in [5, 5.41) is 0. The second-order valence-electron chi connectivity index (χ2n) is 5.33. The molecule has 21 heavy (non-hydrogen) atoms. The van der Waals surface area contributed by atoms with Crippen molar-refractivity contribution in [2.45, 2.75) is 18.8 Å². The van der Waals surface area contributed by atoms with E-state index in [1.807, 2.05) is 30.3 Å². The number of alkyl halides is 2. The summed E-state index contributed by atoms with van der Waals surface area (Å²) < 4.78 is 5.79. The van der Waals surface area contributed by atoms with Gasteiger partial charge in [0, 0.05) is 17.2 Å². The molecule has 0 saturated carbocycles. The Morgan fingerprint density at radius 2 is 1.52 bits per heavy atom. The third-order valence-corrected chi connectivity index (χ3v) is 4.79. The van der Waals surface area contributed by atoms with E-state index in [1.54, 1.807) is 0 Å². The fourth-order valence-electron chi connectivity index (χ4n) is 2.26. The highest BCUT2D eigenvalue weighted by molar-refractivity contribution is 6.22. The van der Waals surface area contributed by atoms with Crippen molar-refractivity contribution in [1.82, 2.24) is 0 Å². The second-order valence-corrected chi connectivity index (χ2v) is 5.86. The Hall–Kier alpha value is -1.18. The van der Waals surface area contributed by atoms with Crippen LogP contribution in [0, 0.1) is 6.92 Å². The molecule has 2 rings (SSSR count). The summed E-state index contributed by atoms with van der Waals surface area (Å²) in [6.07, 6.45) is 0.790. The number of hydrogen-bond acceptors (Lipinski definition) is 1. The van der Waals surface area contributed by atoms with Gasteiger partial charge in [-0.25, -0.2) is 0 Å². The largest absolute Gasteiger partial charge is 0.494 e. The van der Waals surface area contributed by atoms with Crippen LogP contribution in [-0.4, -0.2) is 18.4 Å². The molecule has 0 unspecified atom stereocenters. The molecule has 0 amide bonds. The fourth-order valence-corrected chi connectivity index (χ4v) is 3.12. The quantitative estimate of drug-likeness (QED) is 0.638. The smallest absolute Gasteiger partial charge is 0.119 e. The van der Waals surface area contributed by atoms with E-state index in [0.29, 0.717) is 18.4 Å². The van der Waals surface area contributed by atoms with Gasteiger partial charge in [0.25, 0.3) is 0 Å². The zero-order valence-corrected chi connectivity index (χ0v) is 13.7. The highest BCUT2D eigenvalue weighted by atomic mass is 35.5. The number of benzene rings is 2. The summed E-state index contributed by atoms with van der Waals surface area (Å²) in [6, 6.07) is 18.2. The molecule has 0 atom stereocenters. The van der Waals surface area contributed by atoms with Crippen LogP contribution in [0.15, 0.2) is 54.6 Å². The van der Waals surface area contributed by atoms with Crippen molar-refractivity contribution in [3.63, 3.8) is 0 Å². The average molecular weight is 323 g/mol.